The lowest BCUT2D eigenvalue weighted by Gasteiger charge is -2.34. The molecule has 2 heterocycles. The summed E-state index contributed by atoms with van der Waals surface area (Å²) < 4.78 is 5.23. The predicted molar refractivity (Wildman–Crippen MR) is 114 cm³/mol. The summed E-state index contributed by atoms with van der Waals surface area (Å²) in [6.45, 7) is 4.86. The number of nitrogens with one attached hydrogen (secondary N) is 1. The number of aldehydes is 1. The van der Waals surface area contributed by atoms with E-state index in [9.17, 15) is 14.4 Å². The van der Waals surface area contributed by atoms with Crippen LogP contribution in [0.3, 0.4) is 0 Å². The molecule has 2 aliphatic heterocycles. The van der Waals surface area contributed by atoms with E-state index >= 15 is 0 Å². The molecule has 3 fully saturated rings. The van der Waals surface area contributed by atoms with Crippen LogP contribution in [-0.2, 0) is 14.3 Å². The lowest BCUT2D eigenvalue weighted by atomic mass is 9.83. The van der Waals surface area contributed by atoms with Crippen LogP contribution in [0.2, 0.25) is 0 Å². The van der Waals surface area contributed by atoms with Crippen molar-refractivity contribution < 1.29 is 19.1 Å². The van der Waals surface area contributed by atoms with Gasteiger partial charge >= 0.3 is 6.09 Å². The number of hydrogen-bond donors (Lipinski definition) is 1. The maximum atomic E-state index is 13.5. The number of amides is 2. The Hall–Kier alpha value is -0.890. The summed E-state index contributed by atoms with van der Waals surface area (Å²) in [5.74, 6) is 2.36. The highest BCUT2D eigenvalue weighted by molar-refractivity contribution is 8.21. The first-order valence-corrected chi connectivity index (χ1v) is 12.4. The molecule has 6 nitrogen and oxygen atoms in total. The summed E-state index contributed by atoms with van der Waals surface area (Å²) in [4.78, 5) is 39.3. The summed E-state index contributed by atoms with van der Waals surface area (Å²) in [6.07, 6.45) is 6.25. The van der Waals surface area contributed by atoms with Gasteiger partial charge in [-0.3, -0.25) is 4.79 Å². The maximum Gasteiger partial charge on any atom is 0.407 e. The highest BCUT2D eigenvalue weighted by atomic mass is 32.2. The minimum absolute atomic E-state index is 0.0590. The first kappa shape index (κ1) is 21.8. The quantitative estimate of drug-likeness (QED) is 0.654. The van der Waals surface area contributed by atoms with Crippen molar-refractivity contribution in [1.29, 1.82) is 0 Å². The van der Waals surface area contributed by atoms with Crippen LogP contribution in [-0.4, -0.2) is 64.0 Å². The van der Waals surface area contributed by atoms with Gasteiger partial charge in [-0.1, -0.05) is 33.1 Å². The third-order valence-electron chi connectivity index (χ3n) is 5.79. The molecule has 1 spiro atoms. The van der Waals surface area contributed by atoms with Gasteiger partial charge in [-0.05, 0) is 24.7 Å². The minimum atomic E-state index is -0.603. The SMILES string of the molecule is CC(C)COC(=O)NC(C(=O)N1CC2(C[C@H]1C=O)SCCS2)C1CCCCC1. The van der Waals surface area contributed by atoms with Crippen molar-refractivity contribution in [1.82, 2.24) is 10.2 Å². The Kier molecular flexibility index (Phi) is 7.59. The first-order chi connectivity index (χ1) is 13.4. The van der Waals surface area contributed by atoms with Crippen LogP contribution in [0, 0.1) is 11.8 Å². The Labute approximate surface area is 176 Å². The summed E-state index contributed by atoms with van der Waals surface area (Å²) >= 11 is 3.73. The van der Waals surface area contributed by atoms with Gasteiger partial charge in [0.15, 0.2) is 0 Å². The second-order valence-corrected chi connectivity index (χ2v) is 11.7. The lowest BCUT2D eigenvalue weighted by Crippen LogP contribution is -2.54. The van der Waals surface area contributed by atoms with Crippen LogP contribution in [0.4, 0.5) is 4.79 Å². The van der Waals surface area contributed by atoms with Crippen molar-refractivity contribution in [2.75, 3.05) is 24.7 Å². The molecule has 0 aromatic heterocycles. The maximum absolute atomic E-state index is 13.5. The Morgan fingerprint density at radius 2 is 1.89 bits per heavy atom. The molecular weight excluding hydrogens is 396 g/mol. The third kappa shape index (κ3) is 5.17. The van der Waals surface area contributed by atoms with Gasteiger partial charge in [-0.25, -0.2) is 4.79 Å². The van der Waals surface area contributed by atoms with Gasteiger partial charge < -0.3 is 19.7 Å². The number of rotatable bonds is 6. The average molecular weight is 429 g/mol. The van der Waals surface area contributed by atoms with E-state index in [4.69, 9.17) is 4.74 Å². The number of carbonyl (C=O) groups is 3. The van der Waals surface area contributed by atoms with Crippen LogP contribution in [0.5, 0.6) is 0 Å². The molecule has 8 heteroatoms. The number of thioether (sulfide) groups is 2. The minimum Gasteiger partial charge on any atom is -0.449 e. The third-order valence-corrected chi connectivity index (χ3v) is 9.22. The van der Waals surface area contributed by atoms with Crippen molar-refractivity contribution in [2.45, 2.75) is 68.5 Å². The molecule has 1 N–H and O–H groups in total. The van der Waals surface area contributed by atoms with Gasteiger partial charge in [-0.15, -0.1) is 23.5 Å². The second-order valence-electron chi connectivity index (χ2n) is 8.49. The molecule has 1 aliphatic carbocycles. The molecule has 0 radical (unpaired) electrons. The fraction of sp³-hybridized carbons (Fsp3) is 0.850. The van der Waals surface area contributed by atoms with E-state index in [1.54, 1.807) is 4.90 Å². The molecule has 1 saturated carbocycles. The normalized spacial score (nSPS) is 25.8. The number of carbonyl (C=O) groups excluding carboxylic acids is 3. The fourth-order valence-corrected chi connectivity index (χ4v) is 7.66. The van der Waals surface area contributed by atoms with Gasteiger partial charge in [0, 0.05) is 24.5 Å². The molecule has 0 bridgehead atoms. The Morgan fingerprint density at radius 1 is 1.21 bits per heavy atom. The smallest absolute Gasteiger partial charge is 0.407 e. The van der Waals surface area contributed by atoms with Crippen LogP contribution >= 0.6 is 23.5 Å². The van der Waals surface area contributed by atoms with Crippen LogP contribution in [0.15, 0.2) is 0 Å². The van der Waals surface area contributed by atoms with Gasteiger partial charge in [-0.2, -0.15) is 0 Å². The zero-order valence-corrected chi connectivity index (χ0v) is 18.5. The summed E-state index contributed by atoms with van der Waals surface area (Å²) in [5, 5.41) is 2.86. The molecular formula is C20H32N2O4S2. The number of likely N-dealkylation sites (tertiary alicyclic amines) is 1. The van der Waals surface area contributed by atoms with Crippen LogP contribution < -0.4 is 5.32 Å². The Balaban J connectivity index is 1.73. The zero-order valence-electron chi connectivity index (χ0n) is 16.9. The molecule has 28 heavy (non-hydrogen) atoms. The van der Waals surface area contributed by atoms with Crippen molar-refractivity contribution in [2.24, 2.45) is 11.8 Å². The molecule has 3 aliphatic rings. The van der Waals surface area contributed by atoms with Crippen molar-refractivity contribution in [3.63, 3.8) is 0 Å². The highest BCUT2D eigenvalue weighted by Crippen LogP contribution is 2.51. The monoisotopic (exact) mass is 428 g/mol. The topological polar surface area (TPSA) is 75.7 Å². The van der Waals surface area contributed by atoms with Gasteiger partial charge in [0.2, 0.25) is 5.91 Å². The van der Waals surface area contributed by atoms with Crippen LogP contribution in [0.25, 0.3) is 0 Å². The number of hydrogen-bond acceptors (Lipinski definition) is 6. The zero-order chi connectivity index (χ0) is 20.1. The molecule has 2 saturated heterocycles. The standard InChI is InChI=1S/C20H32N2O4S2/c1-14(2)12-26-19(25)21-17(15-6-4-3-5-7-15)18(24)22-13-20(10-16(22)11-23)27-8-9-28-20/h11,14-17H,3-10,12-13H2,1-2H3,(H,21,25)/t16-,17?/m0/s1. The van der Waals surface area contributed by atoms with Crippen LogP contribution in [0.1, 0.15) is 52.4 Å². The van der Waals surface area contributed by atoms with Gasteiger partial charge in [0.25, 0.3) is 0 Å². The van der Waals surface area contributed by atoms with E-state index < -0.39 is 18.2 Å². The molecule has 1 unspecified atom stereocenters. The van der Waals surface area contributed by atoms with Crippen molar-refractivity contribution in [3.05, 3.63) is 0 Å². The average Bonchev–Trinajstić information content (AvgIpc) is 3.31. The van der Waals surface area contributed by atoms with E-state index in [-0.39, 0.29) is 21.8 Å². The molecule has 158 valence electrons. The van der Waals surface area contributed by atoms with E-state index in [0.29, 0.717) is 19.6 Å². The largest absolute Gasteiger partial charge is 0.449 e. The molecule has 2 atom stereocenters. The summed E-state index contributed by atoms with van der Waals surface area (Å²) in [7, 11) is 0. The molecule has 3 rings (SSSR count). The summed E-state index contributed by atoms with van der Waals surface area (Å²) in [5.41, 5.74) is 0. The highest BCUT2D eigenvalue weighted by Gasteiger charge is 2.50. The molecule has 2 amide bonds. The van der Waals surface area contributed by atoms with Gasteiger partial charge in [0.1, 0.15) is 12.3 Å². The first-order valence-electron chi connectivity index (χ1n) is 10.4. The van der Waals surface area contributed by atoms with E-state index in [1.807, 2.05) is 37.4 Å². The Morgan fingerprint density at radius 3 is 2.50 bits per heavy atom. The number of alkyl carbamates (subject to hydrolysis) is 1. The molecule has 0 aromatic carbocycles. The van der Waals surface area contributed by atoms with Crippen molar-refractivity contribution in [3.8, 4) is 0 Å². The van der Waals surface area contributed by atoms with Gasteiger partial charge in [0.05, 0.1) is 16.7 Å². The van der Waals surface area contributed by atoms with Crippen molar-refractivity contribution >= 4 is 41.8 Å². The predicted octanol–water partition coefficient (Wildman–Crippen LogP) is 3.29. The number of nitrogens with zero attached hydrogens (tertiary/aromatic N) is 1. The molecule has 0 aromatic rings. The summed E-state index contributed by atoms with van der Waals surface area (Å²) in [6, 6.07) is -1.00. The fourth-order valence-electron chi connectivity index (χ4n) is 4.38. The Bertz CT molecular complexity index is 575. The second kappa shape index (κ2) is 9.74. The lowest BCUT2D eigenvalue weighted by molar-refractivity contribution is -0.138. The van der Waals surface area contributed by atoms with E-state index in [0.717, 1.165) is 43.5 Å². The van der Waals surface area contributed by atoms with E-state index in [1.165, 1.54) is 6.42 Å². The number of ether oxygens (including phenoxy) is 1. The van der Waals surface area contributed by atoms with E-state index in [2.05, 4.69) is 5.32 Å².